The zero-order chi connectivity index (χ0) is 17.3. The Morgan fingerprint density at radius 2 is 1.88 bits per heavy atom. The number of aliphatic carboxylic acids is 1. The number of piperidine rings is 1. The number of amides is 1. The Morgan fingerprint density at radius 1 is 1.25 bits per heavy atom. The predicted octanol–water partition coefficient (Wildman–Crippen LogP) is 1.77. The topological polar surface area (TPSA) is 82.5 Å². The zero-order valence-electron chi connectivity index (χ0n) is 14.2. The fourth-order valence-corrected chi connectivity index (χ4v) is 3.89. The van der Waals surface area contributed by atoms with Crippen LogP contribution < -0.4 is 10.2 Å². The predicted molar refractivity (Wildman–Crippen MR) is 90.6 cm³/mol. The number of nitrogens with zero attached hydrogens (tertiary/aromatic N) is 2. The first-order valence-electron chi connectivity index (χ1n) is 8.56. The first-order chi connectivity index (χ1) is 11.4. The van der Waals surface area contributed by atoms with Crippen molar-refractivity contribution in [1.82, 2.24) is 10.3 Å². The fourth-order valence-electron chi connectivity index (χ4n) is 3.89. The minimum atomic E-state index is -0.870. The van der Waals surface area contributed by atoms with E-state index in [9.17, 15) is 14.7 Å². The third-order valence-electron chi connectivity index (χ3n) is 5.58. The summed E-state index contributed by atoms with van der Waals surface area (Å²) >= 11 is 0. The lowest BCUT2D eigenvalue weighted by Crippen LogP contribution is -2.39. The maximum Gasteiger partial charge on any atom is 0.307 e. The van der Waals surface area contributed by atoms with Crippen molar-refractivity contribution < 1.29 is 14.7 Å². The van der Waals surface area contributed by atoms with Crippen LogP contribution in [0, 0.1) is 23.2 Å². The second-order valence-corrected chi connectivity index (χ2v) is 7.50. The van der Waals surface area contributed by atoms with Gasteiger partial charge in [0.15, 0.2) is 0 Å². The summed E-state index contributed by atoms with van der Waals surface area (Å²) < 4.78 is 0. The van der Waals surface area contributed by atoms with E-state index in [1.807, 2.05) is 26.0 Å². The van der Waals surface area contributed by atoms with Crippen LogP contribution in [0.4, 0.5) is 5.69 Å². The normalized spacial score (nSPS) is 26.0. The van der Waals surface area contributed by atoms with E-state index in [1.165, 1.54) is 5.69 Å². The molecule has 1 saturated carbocycles. The molecule has 2 heterocycles. The van der Waals surface area contributed by atoms with Crippen LogP contribution in [0.5, 0.6) is 0 Å². The number of hydrogen-bond acceptors (Lipinski definition) is 4. The van der Waals surface area contributed by atoms with Gasteiger partial charge in [0, 0.05) is 37.7 Å². The SMILES string of the molecule is CC1(C)[C@H](C(=O)O)[C@@H]1C(=O)NCC1CCN(c2ccncc2)CC1. The highest BCUT2D eigenvalue weighted by Crippen LogP contribution is 2.58. The van der Waals surface area contributed by atoms with E-state index in [-0.39, 0.29) is 5.91 Å². The number of carboxylic acid groups (broad SMARTS) is 1. The van der Waals surface area contributed by atoms with Crippen molar-refractivity contribution in [2.75, 3.05) is 24.5 Å². The highest BCUT2D eigenvalue weighted by Gasteiger charge is 2.65. The second-order valence-electron chi connectivity index (χ2n) is 7.50. The summed E-state index contributed by atoms with van der Waals surface area (Å²) in [5, 5.41) is 12.2. The smallest absolute Gasteiger partial charge is 0.307 e. The Balaban J connectivity index is 1.44. The summed E-state index contributed by atoms with van der Waals surface area (Å²) in [6.45, 7) is 6.28. The van der Waals surface area contributed by atoms with Crippen molar-refractivity contribution in [3.05, 3.63) is 24.5 Å². The lowest BCUT2D eigenvalue weighted by Gasteiger charge is -2.33. The fraction of sp³-hybridized carbons (Fsp3) is 0.611. The number of carboxylic acids is 1. The molecule has 6 heteroatoms. The van der Waals surface area contributed by atoms with E-state index in [1.54, 1.807) is 12.4 Å². The second kappa shape index (κ2) is 6.42. The Morgan fingerprint density at radius 3 is 2.42 bits per heavy atom. The van der Waals surface area contributed by atoms with Crippen molar-refractivity contribution in [2.24, 2.45) is 23.2 Å². The molecule has 6 nitrogen and oxygen atoms in total. The van der Waals surface area contributed by atoms with Gasteiger partial charge in [-0.25, -0.2) is 0 Å². The van der Waals surface area contributed by atoms with Crippen LogP contribution in [0.15, 0.2) is 24.5 Å². The molecule has 1 aliphatic heterocycles. The molecule has 0 aromatic carbocycles. The summed E-state index contributed by atoms with van der Waals surface area (Å²) in [7, 11) is 0. The average molecular weight is 331 g/mol. The minimum Gasteiger partial charge on any atom is -0.481 e. The lowest BCUT2D eigenvalue weighted by atomic mass is 9.96. The minimum absolute atomic E-state index is 0.107. The Hall–Kier alpha value is -2.11. The van der Waals surface area contributed by atoms with Crippen LogP contribution in [-0.4, -0.2) is 41.6 Å². The van der Waals surface area contributed by atoms with Gasteiger partial charge in [0.1, 0.15) is 0 Å². The highest BCUT2D eigenvalue weighted by atomic mass is 16.4. The van der Waals surface area contributed by atoms with Crippen molar-refractivity contribution in [2.45, 2.75) is 26.7 Å². The number of carbonyl (C=O) groups excluding carboxylic acids is 1. The molecule has 1 aromatic heterocycles. The number of rotatable bonds is 5. The van der Waals surface area contributed by atoms with Gasteiger partial charge in [0.25, 0.3) is 0 Å². The molecule has 130 valence electrons. The molecule has 0 unspecified atom stereocenters. The maximum atomic E-state index is 12.3. The van der Waals surface area contributed by atoms with Gasteiger partial charge in [0.05, 0.1) is 11.8 Å². The van der Waals surface area contributed by atoms with Crippen LogP contribution in [0.2, 0.25) is 0 Å². The molecule has 1 saturated heterocycles. The summed E-state index contributed by atoms with van der Waals surface area (Å²) in [4.78, 5) is 29.8. The van der Waals surface area contributed by atoms with E-state index in [2.05, 4.69) is 15.2 Å². The van der Waals surface area contributed by atoms with Gasteiger partial charge in [-0.15, -0.1) is 0 Å². The molecule has 3 rings (SSSR count). The Kier molecular flexibility index (Phi) is 4.47. The number of carbonyl (C=O) groups is 2. The van der Waals surface area contributed by atoms with Crippen LogP contribution >= 0.6 is 0 Å². The van der Waals surface area contributed by atoms with Gasteiger partial charge in [-0.1, -0.05) is 13.8 Å². The molecule has 1 aromatic rings. The van der Waals surface area contributed by atoms with Gasteiger partial charge in [-0.2, -0.15) is 0 Å². The number of aromatic nitrogens is 1. The van der Waals surface area contributed by atoms with Crippen LogP contribution in [-0.2, 0) is 9.59 Å². The molecule has 2 N–H and O–H groups in total. The van der Waals surface area contributed by atoms with Gasteiger partial charge >= 0.3 is 5.97 Å². The first kappa shape index (κ1) is 16.7. The standard InChI is InChI=1S/C18H25N3O3/c1-18(2)14(15(18)17(23)24)16(22)20-11-12-5-9-21(10-6-12)13-3-7-19-8-4-13/h3-4,7-8,12,14-15H,5-6,9-11H2,1-2H3,(H,20,22)(H,23,24)/t14-,15+/m1/s1. The van der Waals surface area contributed by atoms with Crippen molar-refractivity contribution in [1.29, 1.82) is 0 Å². The molecule has 2 fully saturated rings. The van der Waals surface area contributed by atoms with Crippen LogP contribution in [0.1, 0.15) is 26.7 Å². The van der Waals surface area contributed by atoms with Crippen LogP contribution in [0.25, 0.3) is 0 Å². The van der Waals surface area contributed by atoms with E-state index in [0.717, 1.165) is 25.9 Å². The van der Waals surface area contributed by atoms with Gasteiger partial charge in [-0.05, 0) is 36.3 Å². The van der Waals surface area contributed by atoms with Crippen molar-refractivity contribution >= 4 is 17.6 Å². The third-order valence-corrected chi connectivity index (χ3v) is 5.58. The summed E-state index contributed by atoms with van der Waals surface area (Å²) in [5.74, 6) is -1.47. The molecule has 2 aliphatic rings. The largest absolute Gasteiger partial charge is 0.481 e. The zero-order valence-corrected chi connectivity index (χ0v) is 14.2. The third kappa shape index (κ3) is 3.23. The number of anilines is 1. The molecular formula is C18H25N3O3. The van der Waals surface area contributed by atoms with E-state index in [0.29, 0.717) is 12.5 Å². The molecular weight excluding hydrogens is 306 g/mol. The van der Waals surface area contributed by atoms with Crippen LogP contribution in [0.3, 0.4) is 0 Å². The van der Waals surface area contributed by atoms with E-state index >= 15 is 0 Å². The molecule has 2 atom stereocenters. The van der Waals surface area contributed by atoms with Crippen molar-refractivity contribution in [3.8, 4) is 0 Å². The quantitative estimate of drug-likeness (QED) is 0.859. The average Bonchev–Trinajstić information content (AvgIpc) is 3.17. The monoisotopic (exact) mass is 331 g/mol. The molecule has 1 amide bonds. The molecule has 0 radical (unpaired) electrons. The maximum absolute atomic E-state index is 12.3. The Labute approximate surface area is 142 Å². The number of nitrogens with one attached hydrogen (secondary N) is 1. The van der Waals surface area contributed by atoms with Gasteiger partial charge < -0.3 is 15.3 Å². The Bertz CT molecular complexity index is 609. The van der Waals surface area contributed by atoms with E-state index < -0.39 is 23.2 Å². The number of pyridine rings is 1. The molecule has 1 aliphatic carbocycles. The molecule has 0 spiro atoms. The number of hydrogen-bond donors (Lipinski definition) is 2. The summed E-state index contributed by atoms with van der Waals surface area (Å²) in [6, 6.07) is 4.03. The summed E-state index contributed by atoms with van der Waals surface area (Å²) in [5.41, 5.74) is 0.761. The molecule has 0 bridgehead atoms. The van der Waals surface area contributed by atoms with Gasteiger partial charge in [-0.3, -0.25) is 14.6 Å². The lowest BCUT2D eigenvalue weighted by molar-refractivity contribution is -0.140. The summed E-state index contributed by atoms with van der Waals surface area (Å²) in [6.07, 6.45) is 5.66. The molecule has 24 heavy (non-hydrogen) atoms. The van der Waals surface area contributed by atoms with Gasteiger partial charge in [0.2, 0.25) is 5.91 Å². The van der Waals surface area contributed by atoms with Crippen molar-refractivity contribution in [3.63, 3.8) is 0 Å². The first-order valence-corrected chi connectivity index (χ1v) is 8.56. The highest BCUT2D eigenvalue weighted by molar-refractivity contribution is 5.91. The van der Waals surface area contributed by atoms with E-state index in [4.69, 9.17) is 0 Å².